The Morgan fingerprint density at radius 1 is 1.21 bits per heavy atom. The molecule has 6 N–H and O–H groups in total. The molecule has 3 aromatic rings. The van der Waals surface area contributed by atoms with Crippen molar-refractivity contribution in [3.63, 3.8) is 0 Å². The van der Waals surface area contributed by atoms with Gasteiger partial charge in [-0.25, -0.2) is 0 Å². The minimum absolute atomic E-state index is 0.0464. The van der Waals surface area contributed by atoms with Crippen molar-refractivity contribution in [3.8, 4) is 0 Å². The maximum absolute atomic E-state index is 12.1. The summed E-state index contributed by atoms with van der Waals surface area (Å²) in [5, 5.41) is 33.5. The van der Waals surface area contributed by atoms with E-state index in [-0.39, 0.29) is 35.2 Å². The van der Waals surface area contributed by atoms with Gasteiger partial charge in [0.1, 0.15) is 17.8 Å². The summed E-state index contributed by atoms with van der Waals surface area (Å²) in [7, 11) is -9.62. The van der Waals surface area contributed by atoms with Crippen molar-refractivity contribution in [3.05, 3.63) is 40.1 Å². The van der Waals surface area contributed by atoms with Gasteiger partial charge in [-0.3, -0.25) is 9.13 Å². The topological polar surface area (TPSA) is 222 Å². The Labute approximate surface area is 225 Å². The monoisotopic (exact) mass is 612 g/mol. The zero-order valence-corrected chi connectivity index (χ0v) is 22.9. The quantitative estimate of drug-likeness (QED) is 0.142. The minimum Gasteiger partial charge on any atom is -0.385 e. The average molecular weight is 613 g/mol. The van der Waals surface area contributed by atoms with Gasteiger partial charge < -0.3 is 39.5 Å². The molecule has 1 saturated heterocycles. The number of hydrogen-bond acceptors (Lipinski definition) is 11. The lowest BCUT2D eigenvalue weighted by Crippen LogP contribution is -2.48. The Morgan fingerprint density at radius 3 is 2.58 bits per heavy atom. The molecule has 0 aliphatic carbocycles. The molecule has 1 unspecified atom stereocenters. The third kappa shape index (κ3) is 6.19. The summed E-state index contributed by atoms with van der Waals surface area (Å²) in [6, 6.07) is 7.15. The Bertz CT molecular complexity index is 1420. The molecule has 38 heavy (non-hydrogen) atoms. The molecule has 0 bridgehead atoms. The fourth-order valence-electron chi connectivity index (χ4n) is 3.99. The number of ether oxygens (including phenoxy) is 1. The van der Waals surface area contributed by atoms with Gasteiger partial charge in [-0.05, 0) is 29.7 Å². The summed E-state index contributed by atoms with van der Waals surface area (Å²) >= 11 is 12.3. The van der Waals surface area contributed by atoms with Gasteiger partial charge in [0.25, 0.3) is 0 Å². The molecule has 1 aliphatic heterocycles. The van der Waals surface area contributed by atoms with Crippen LogP contribution in [0.15, 0.2) is 24.3 Å². The molecule has 4 rings (SSSR count). The van der Waals surface area contributed by atoms with E-state index in [0.717, 1.165) is 10.2 Å². The Hall–Kier alpha value is -1.74. The van der Waals surface area contributed by atoms with Crippen LogP contribution in [0.4, 0.5) is 5.82 Å². The van der Waals surface area contributed by atoms with Crippen molar-refractivity contribution in [2.45, 2.75) is 43.9 Å². The van der Waals surface area contributed by atoms with Crippen LogP contribution in [0.25, 0.3) is 11.2 Å². The highest BCUT2D eigenvalue weighted by Crippen LogP contribution is 2.56. The van der Waals surface area contributed by atoms with Crippen LogP contribution in [0.2, 0.25) is 10.3 Å². The summed E-state index contributed by atoms with van der Waals surface area (Å²) in [6.07, 6.45) is -4.50. The number of benzene rings is 1. The van der Waals surface area contributed by atoms with Crippen LogP contribution in [0.5, 0.6) is 0 Å². The normalized spacial score (nSPS) is 25.5. The van der Waals surface area contributed by atoms with E-state index in [9.17, 15) is 24.2 Å². The first-order valence-electron chi connectivity index (χ1n) is 11.1. The smallest absolute Gasteiger partial charge is 0.340 e. The van der Waals surface area contributed by atoms with Crippen LogP contribution in [-0.4, -0.2) is 80.2 Å². The summed E-state index contributed by atoms with van der Waals surface area (Å²) < 4.78 is 34.8. The molecule has 0 saturated carbocycles. The largest absolute Gasteiger partial charge is 0.385 e. The SMILES string of the molecule is CC[C@@]1(O)[C@@H](COP(=O)(O)CP(=O)(O)O)O[C@@H](n2nnc3c(NCc4ccccc4Cl)nc(Cl)nc32)[C@@H]1O. The number of aliphatic hydroxyl groups excluding tert-OH is 1. The van der Waals surface area contributed by atoms with Crippen molar-refractivity contribution in [1.29, 1.82) is 0 Å². The maximum atomic E-state index is 12.1. The van der Waals surface area contributed by atoms with Gasteiger partial charge >= 0.3 is 15.2 Å². The first-order valence-corrected chi connectivity index (χ1v) is 15.4. The van der Waals surface area contributed by atoms with Crippen molar-refractivity contribution in [2.24, 2.45) is 0 Å². The van der Waals surface area contributed by atoms with Crippen molar-refractivity contribution >= 4 is 55.4 Å². The fourth-order valence-corrected chi connectivity index (χ4v) is 6.91. The molecular formula is C19H24Cl2N6O9P2. The van der Waals surface area contributed by atoms with E-state index in [0.29, 0.717) is 5.02 Å². The molecule has 208 valence electrons. The van der Waals surface area contributed by atoms with Crippen LogP contribution in [0, 0.1) is 0 Å². The number of aromatic nitrogens is 5. The molecule has 1 aromatic carbocycles. The molecular weight excluding hydrogens is 589 g/mol. The highest BCUT2D eigenvalue weighted by molar-refractivity contribution is 7.70. The number of aliphatic hydroxyl groups is 2. The van der Waals surface area contributed by atoms with E-state index in [2.05, 4.69) is 25.6 Å². The standard InChI is InChI=1S/C19H24Cl2N6O9P2/c1-2-19(29)12(8-35-38(33,34)9-37(30,31)32)36-17(14(19)28)27-16-13(25-26-27)15(23-18(21)24-16)22-7-10-5-3-4-6-11(10)20/h3-6,12,14,17,28-29H,2,7-9H2,1H3,(H,33,34)(H,22,23,24)(H2,30,31,32)/t12-,14+,17-,19-/m1/s1. The first-order chi connectivity index (χ1) is 17.7. The number of fused-ring (bicyclic) bond motifs is 1. The number of nitrogens with zero attached hydrogens (tertiary/aromatic N) is 5. The lowest BCUT2D eigenvalue weighted by atomic mass is 9.90. The molecule has 0 radical (unpaired) electrons. The molecule has 15 nitrogen and oxygen atoms in total. The molecule has 0 spiro atoms. The second-order valence-corrected chi connectivity index (χ2v) is 13.3. The van der Waals surface area contributed by atoms with Gasteiger partial charge in [0.2, 0.25) is 5.28 Å². The van der Waals surface area contributed by atoms with Crippen LogP contribution in [0.3, 0.4) is 0 Å². The van der Waals surface area contributed by atoms with E-state index >= 15 is 0 Å². The summed E-state index contributed by atoms with van der Waals surface area (Å²) in [4.78, 5) is 36.0. The summed E-state index contributed by atoms with van der Waals surface area (Å²) in [5.41, 5.74) is -1.01. The average Bonchev–Trinajstić information content (AvgIpc) is 3.34. The van der Waals surface area contributed by atoms with Crippen LogP contribution in [0.1, 0.15) is 25.1 Å². The molecule has 1 aliphatic rings. The molecule has 2 aromatic heterocycles. The zero-order chi connectivity index (χ0) is 27.9. The predicted molar refractivity (Wildman–Crippen MR) is 135 cm³/mol. The number of nitrogens with one attached hydrogen (secondary N) is 1. The number of anilines is 1. The van der Waals surface area contributed by atoms with E-state index < -0.39 is 51.7 Å². The highest BCUT2D eigenvalue weighted by Gasteiger charge is 2.56. The van der Waals surface area contributed by atoms with E-state index in [1.165, 1.54) is 6.92 Å². The predicted octanol–water partition coefficient (Wildman–Crippen LogP) is 1.88. The third-order valence-corrected chi connectivity index (χ3v) is 9.94. The Morgan fingerprint density at radius 2 is 1.92 bits per heavy atom. The lowest BCUT2D eigenvalue weighted by Gasteiger charge is -2.29. The second-order valence-electron chi connectivity index (χ2n) is 8.54. The first kappa shape index (κ1) is 29.2. The van der Waals surface area contributed by atoms with Gasteiger partial charge in [-0.2, -0.15) is 14.6 Å². The van der Waals surface area contributed by atoms with Gasteiger partial charge in [0.15, 0.2) is 29.1 Å². The van der Waals surface area contributed by atoms with Crippen molar-refractivity contribution in [2.75, 3.05) is 17.8 Å². The molecule has 19 heteroatoms. The molecule has 1 fully saturated rings. The van der Waals surface area contributed by atoms with Crippen LogP contribution >= 0.6 is 38.4 Å². The summed E-state index contributed by atoms with van der Waals surface area (Å²) in [5.74, 6) is -1.21. The number of hydrogen-bond donors (Lipinski definition) is 6. The maximum Gasteiger partial charge on any atom is 0.340 e. The van der Waals surface area contributed by atoms with E-state index in [1.807, 2.05) is 12.1 Å². The lowest BCUT2D eigenvalue weighted by molar-refractivity contribution is -0.0919. The van der Waals surface area contributed by atoms with Crippen LogP contribution < -0.4 is 5.32 Å². The highest BCUT2D eigenvalue weighted by atomic mass is 35.5. The second kappa shape index (κ2) is 11.0. The fraction of sp³-hybridized carbons (Fsp3) is 0.474. The van der Waals surface area contributed by atoms with Crippen molar-refractivity contribution in [1.82, 2.24) is 25.0 Å². The van der Waals surface area contributed by atoms with Gasteiger partial charge in [-0.15, -0.1) is 5.10 Å². The number of halogens is 2. The number of rotatable bonds is 10. The molecule has 5 atom stereocenters. The van der Waals surface area contributed by atoms with Crippen LogP contribution in [-0.2, 0) is 24.9 Å². The van der Waals surface area contributed by atoms with Gasteiger partial charge in [0, 0.05) is 11.6 Å². The van der Waals surface area contributed by atoms with Crippen molar-refractivity contribution < 1.29 is 43.3 Å². The summed E-state index contributed by atoms with van der Waals surface area (Å²) in [6.45, 7) is 1.03. The van der Waals surface area contributed by atoms with E-state index in [4.69, 9.17) is 42.2 Å². The van der Waals surface area contributed by atoms with E-state index in [1.54, 1.807) is 12.1 Å². The van der Waals surface area contributed by atoms with Gasteiger partial charge in [0.05, 0.1) is 6.61 Å². The van der Waals surface area contributed by atoms with Gasteiger partial charge in [-0.1, -0.05) is 41.9 Å². The Kier molecular flexibility index (Phi) is 8.49. The minimum atomic E-state index is -4.87. The molecule has 0 amide bonds. The molecule has 3 heterocycles. The zero-order valence-electron chi connectivity index (χ0n) is 19.6. The third-order valence-electron chi connectivity index (χ3n) is 5.94. The Balaban J connectivity index is 1.60.